The van der Waals surface area contributed by atoms with Crippen LogP contribution in [0.5, 0.6) is 5.75 Å². The number of amides is 1. The highest BCUT2D eigenvalue weighted by atomic mass is 32.2. The van der Waals surface area contributed by atoms with Gasteiger partial charge in [0.1, 0.15) is 5.75 Å². The van der Waals surface area contributed by atoms with Crippen LogP contribution in [0.1, 0.15) is 19.8 Å². The van der Waals surface area contributed by atoms with Gasteiger partial charge < -0.3 is 10.1 Å². The molecule has 0 spiro atoms. The van der Waals surface area contributed by atoms with Crippen molar-refractivity contribution < 1.29 is 22.9 Å². The number of nitro benzene ring substituents is 1. The summed E-state index contributed by atoms with van der Waals surface area (Å²) in [5.41, 5.74) is 0.156. The average Bonchev–Trinajstić information content (AvgIpc) is 2.73. The van der Waals surface area contributed by atoms with E-state index < -0.39 is 20.9 Å². The first-order valence-corrected chi connectivity index (χ1v) is 11.0. The van der Waals surface area contributed by atoms with E-state index in [0.717, 1.165) is 12.8 Å². The quantitative estimate of drug-likeness (QED) is 0.529. The summed E-state index contributed by atoms with van der Waals surface area (Å²) >= 11 is 0. The van der Waals surface area contributed by atoms with Gasteiger partial charge in [-0.1, -0.05) is 13.0 Å². The number of nitro groups is 1. The van der Waals surface area contributed by atoms with E-state index in [4.69, 9.17) is 4.74 Å². The van der Waals surface area contributed by atoms with Crippen molar-refractivity contribution in [3.8, 4) is 5.75 Å². The minimum atomic E-state index is -3.54. The second-order valence-electron chi connectivity index (χ2n) is 7.20. The van der Waals surface area contributed by atoms with Gasteiger partial charge >= 0.3 is 0 Å². The Kier molecular flexibility index (Phi) is 6.68. The molecule has 1 aliphatic rings. The fraction of sp³-hybridized carbons (Fsp3) is 0.350. The molecule has 1 amide bonds. The van der Waals surface area contributed by atoms with E-state index in [1.165, 1.54) is 52.8 Å². The zero-order valence-corrected chi connectivity index (χ0v) is 17.3. The van der Waals surface area contributed by atoms with Crippen molar-refractivity contribution in [2.45, 2.75) is 24.7 Å². The molecule has 10 heteroatoms. The molecule has 1 aliphatic heterocycles. The second-order valence-corrected chi connectivity index (χ2v) is 9.14. The van der Waals surface area contributed by atoms with Gasteiger partial charge in [-0.15, -0.1) is 0 Å². The molecule has 0 radical (unpaired) electrons. The van der Waals surface area contributed by atoms with Crippen molar-refractivity contribution in [3.63, 3.8) is 0 Å². The molecular weight excluding hydrogens is 410 g/mol. The van der Waals surface area contributed by atoms with Crippen LogP contribution in [-0.4, -0.2) is 43.2 Å². The van der Waals surface area contributed by atoms with Crippen molar-refractivity contribution in [3.05, 3.63) is 58.6 Å². The standard InChI is InChI=1S/C20H23N3O6S/c1-15-9-11-22(12-10-15)30(27,28)19-7-5-18(6-8-19)29-14-20(24)21-16-3-2-4-17(13-16)23(25)26/h2-8,13,15H,9-12,14H2,1H3,(H,21,24). The van der Waals surface area contributed by atoms with Crippen LogP contribution in [-0.2, 0) is 14.8 Å². The van der Waals surface area contributed by atoms with E-state index >= 15 is 0 Å². The molecular formula is C20H23N3O6S. The number of hydrogen-bond donors (Lipinski definition) is 1. The number of carbonyl (C=O) groups is 1. The predicted molar refractivity (Wildman–Crippen MR) is 111 cm³/mol. The Hall–Kier alpha value is -2.98. The molecule has 3 rings (SSSR count). The molecule has 2 aromatic carbocycles. The van der Waals surface area contributed by atoms with Crippen molar-refractivity contribution >= 4 is 27.3 Å². The van der Waals surface area contributed by atoms with Crippen LogP contribution >= 0.6 is 0 Å². The molecule has 1 N–H and O–H groups in total. The summed E-state index contributed by atoms with van der Waals surface area (Å²) in [7, 11) is -3.54. The van der Waals surface area contributed by atoms with Crippen molar-refractivity contribution in [2.75, 3.05) is 25.0 Å². The first-order chi connectivity index (χ1) is 14.3. The highest BCUT2D eigenvalue weighted by molar-refractivity contribution is 7.89. The summed E-state index contributed by atoms with van der Waals surface area (Å²) in [5.74, 6) is 0.380. The summed E-state index contributed by atoms with van der Waals surface area (Å²) in [6, 6.07) is 11.5. The fourth-order valence-corrected chi connectivity index (χ4v) is 4.60. The van der Waals surface area contributed by atoms with Crippen LogP contribution in [0.2, 0.25) is 0 Å². The lowest BCUT2D eigenvalue weighted by atomic mass is 10.0. The van der Waals surface area contributed by atoms with Crippen molar-refractivity contribution in [1.29, 1.82) is 0 Å². The topological polar surface area (TPSA) is 119 Å². The molecule has 0 aromatic heterocycles. The Balaban J connectivity index is 1.56. The highest BCUT2D eigenvalue weighted by Crippen LogP contribution is 2.25. The van der Waals surface area contributed by atoms with E-state index in [1.54, 1.807) is 0 Å². The molecule has 160 valence electrons. The average molecular weight is 433 g/mol. The van der Waals surface area contributed by atoms with Crippen LogP contribution in [0.15, 0.2) is 53.4 Å². The maximum absolute atomic E-state index is 12.7. The van der Waals surface area contributed by atoms with E-state index in [9.17, 15) is 23.3 Å². The lowest BCUT2D eigenvalue weighted by molar-refractivity contribution is -0.384. The van der Waals surface area contributed by atoms with Crippen LogP contribution in [0.4, 0.5) is 11.4 Å². The third-order valence-electron chi connectivity index (χ3n) is 4.91. The number of carbonyl (C=O) groups excluding carboxylic acids is 1. The summed E-state index contributed by atoms with van der Waals surface area (Å²) < 4.78 is 32.3. The number of piperidine rings is 1. The molecule has 1 saturated heterocycles. The molecule has 0 atom stereocenters. The highest BCUT2D eigenvalue weighted by Gasteiger charge is 2.27. The monoisotopic (exact) mass is 433 g/mol. The molecule has 0 saturated carbocycles. The number of nitrogens with zero attached hydrogens (tertiary/aromatic N) is 2. The molecule has 9 nitrogen and oxygen atoms in total. The van der Waals surface area contributed by atoms with Crippen LogP contribution in [0.25, 0.3) is 0 Å². The van der Waals surface area contributed by atoms with Gasteiger partial charge in [0.25, 0.3) is 11.6 Å². The zero-order valence-electron chi connectivity index (χ0n) is 16.5. The number of sulfonamides is 1. The minimum absolute atomic E-state index is 0.131. The van der Waals surface area contributed by atoms with E-state index in [1.807, 2.05) is 0 Å². The Morgan fingerprint density at radius 2 is 1.87 bits per heavy atom. The lowest BCUT2D eigenvalue weighted by Crippen LogP contribution is -2.37. The molecule has 30 heavy (non-hydrogen) atoms. The maximum atomic E-state index is 12.7. The number of anilines is 1. The largest absolute Gasteiger partial charge is 0.484 e. The zero-order chi connectivity index (χ0) is 21.7. The van der Waals surface area contributed by atoms with Crippen molar-refractivity contribution in [1.82, 2.24) is 4.31 Å². The van der Waals surface area contributed by atoms with Gasteiger partial charge in [-0.05, 0) is 49.1 Å². The van der Waals surface area contributed by atoms with E-state index in [-0.39, 0.29) is 22.9 Å². The molecule has 0 aliphatic carbocycles. The van der Waals surface area contributed by atoms with Crippen molar-refractivity contribution in [2.24, 2.45) is 5.92 Å². The fourth-order valence-electron chi connectivity index (χ4n) is 3.13. The number of benzene rings is 2. The Morgan fingerprint density at radius 1 is 1.20 bits per heavy atom. The number of nitrogens with one attached hydrogen (secondary N) is 1. The van der Waals surface area contributed by atoms with Gasteiger partial charge in [0.15, 0.2) is 6.61 Å². The van der Waals surface area contributed by atoms with Gasteiger partial charge in [0.2, 0.25) is 10.0 Å². The van der Waals surface area contributed by atoms with Gasteiger partial charge in [-0.25, -0.2) is 8.42 Å². The van der Waals surface area contributed by atoms with Crippen LogP contribution < -0.4 is 10.1 Å². The van der Waals surface area contributed by atoms with Gasteiger partial charge in [0, 0.05) is 30.9 Å². The normalized spacial score (nSPS) is 15.5. The van der Waals surface area contributed by atoms with E-state index in [2.05, 4.69) is 12.2 Å². The summed E-state index contributed by atoms with van der Waals surface area (Å²) in [6.07, 6.45) is 1.69. The van der Waals surface area contributed by atoms with Crippen LogP contribution in [0.3, 0.4) is 0 Å². The predicted octanol–water partition coefficient (Wildman–Crippen LogP) is 3.03. The number of ether oxygens (including phenoxy) is 1. The molecule has 1 heterocycles. The molecule has 0 unspecified atom stereocenters. The lowest BCUT2D eigenvalue weighted by Gasteiger charge is -2.29. The first-order valence-electron chi connectivity index (χ1n) is 9.53. The molecule has 0 bridgehead atoms. The Morgan fingerprint density at radius 3 is 2.50 bits per heavy atom. The Labute approximate surface area is 174 Å². The summed E-state index contributed by atoms with van der Waals surface area (Å²) in [5, 5.41) is 13.3. The SMILES string of the molecule is CC1CCN(S(=O)(=O)c2ccc(OCC(=O)Nc3cccc([N+](=O)[O-])c3)cc2)CC1. The number of non-ortho nitro benzene ring substituents is 1. The minimum Gasteiger partial charge on any atom is -0.484 e. The summed E-state index contributed by atoms with van der Waals surface area (Å²) in [4.78, 5) is 22.4. The third kappa shape index (κ3) is 5.33. The number of hydrogen-bond acceptors (Lipinski definition) is 6. The third-order valence-corrected chi connectivity index (χ3v) is 6.83. The molecule has 1 fully saturated rings. The Bertz CT molecular complexity index is 1020. The second kappa shape index (κ2) is 9.23. The number of rotatable bonds is 7. The van der Waals surface area contributed by atoms with Crippen LogP contribution in [0, 0.1) is 16.0 Å². The first kappa shape index (κ1) is 21.7. The smallest absolute Gasteiger partial charge is 0.271 e. The van der Waals surface area contributed by atoms with Gasteiger partial charge in [-0.3, -0.25) is 14.9 Å². The molecule has 2 aromatic rings. The van der Waals surface area contributed by atoms with Gasteiger partial charge in [0.05, 0.1) is 9.82 Å². The summed E-state index contributed by atoms with van der Waals surface area (Å²) in [6.45, 7) is 2.82. The van der Waals surface area contributed by atoms with E-state index in [0.29, 0.717) is 24.8 Å². The maximum Gasteiger partial charge on any atom is 0.271 e. The van der Waals surface area contributed by atoms with Gasteiger partial charge in [-0.2, -0.15) is 4.31 Å².